The lowest BCUT2D eigenvalue weighted by Crippen LogP contribution is -2.46. The molecule has 0 aromatic heterocycles. The molecule has 1 aliphatic heterocycles. The minimum atomic E-state index is -0.267. The minimum absolute atomic E-state index is 0.267. The molecule has 2 saturated carbocycles. The lowest BCUT2D eigenvalue weighted by molar-refractivity contribution is -0.0369. The molecule has 1 saturated heterocycles. The molecule has 0 amide bonds. The van der Waals surface area contributed by atoms with Crippen molar-refractivity contribution in [2.24, 2.45) is 11.8 Å². The van der Waals surface area contributed by atoms with Crippen LogP contribution in [0, 0.1) is 11.8 Å². The van der Waals surface area contributed by atoms with Gasteiger partial charge in [0, 0.05) is 12.0 Å². The van der Waals surface area contributed by atoms with E-state index in [0.717, 1.165) is 25.3 Å². The van der Waals surface area contributed by atoms with E-state index in [-0.39, 0.29) is 5.60 Å². The van der Waals surface area contributed by atoms with Crippen molar-refractivity contribution in [1.82, 2.24) is 5.32 Å². The van der Waals surface area contributed by atoms with E-state index < -0.39 is 0 Å². The van der Waals surface area contributed by atoms with Crippen molar-refractivity contribution in [2.75, 3.05) is 6.54 Å². The van der Waals surface area contributed by atoms with Gasteiger partial charge < -0.3 is 10.4 Å². The van der Waals surface area contributed by atoms with Gasteiger partial charge in [0.05, 0.1) is 5.60 Å². The van der Waals surface area contributed by atoms with Crippen LogP contribution in [-0.4, -0.2) is 23.3 Å². The standard InChI is InChI=1S/C10H17NO/c12-10-3-1-7(6-10)5-9-8(10)2-4-11-9/h7-9,11-12H,1-6H2/t7-,8+,9+,10+/m0/s1. The highest BCUT2D eigenvalue weighted by atomic mass is 16.3. The molecule has 2 heteroatoms. The Labute approximate surface area is 73.4 Å². The number of aliphatic hydroxyl groups is 1. The van der Waals surface area contributed by atoms with Crippen LogP contribution in [0.25, 0.3) is 0 Å². The topological polar surface area (TPSA) is 32.3 Å². The van der Waals surface area contributed by atoms with E-state index in [9.17, 15) is 5.11 Å². The maximum absolute atomic E-state index is 10.4. The Balaban J connectivity index is 1.92. The van der Waals surface area contributed by atoms with Crippen LogP contribution in [0.1, 0.15) is 32.1 Å². The zero-order chi connectivity index (χ0) is 8.18. The highest BCUT2D eigenvalue weighted by Gasteiger charge is 2.52. The molecule has 2 nitrogen and oxygen atoms in total. The van der Waals surface area contributed by atoms with Crippen LogP contribution < -0.4 is 5.32 Å². The molecule has 0 radical (unpaired) electrons. The van der Waals surface area contributed by atoms with Gasteiger partial charge in [0.15, 0.2) is 0 Å². The van der Waals surface area contributed by atoms with Crippen LogP contribution in [0.15, 0.2) is 0 Å². The van der Waals surface area contributed by atoms with Gasteiger partial charge >= 0.3 is 0 Å². The molecule has 1 heterocycles. The second-order valence-corrected chi connectivity index (χ2v) is 4.90. The molecule has 12 heavy (non-hydrogen) atoms. The third kappa shape index (κ3) is 0.826. The Morgan fingerprint density at radius 1 is 1.33 bits per heavy atom. The third-order valence-electron chi connectivity index (χ3n) is 4.25. The van der Waals surface area contributed by atoms with Gasteiger partial charge in [-0.25, -0.2) is 0 Å². The first-order valence-corrected chi connectivity index (χ1v) is 5.24. The molecule has 0 aromatic rings. The van der Waals surface area contributed by atoms with Crippen LogP contribution in [-0.2, 0) is 0 Å². The Kier molecular flexibility index (Phi) is 1.37. The van der Waals surface area contributed by atoms with Gasteiger partial charge in [-0.05, 0) is 44.6 Å². The Morgan fingerprint density at radius 2 is 2.25 bits per heavy atom. The summed E-state index contributed by atoms with van der Waals surface area (Å²) in [6.45, 7) is 1.13. The molecule has 0 unspecified atom stereocenters. The average molecular weight is 167 g/mol. The fraction of sp³-hybridized carbons (Fsp3) is 1.00. The molecule has 68 valence electrons. The summed E-state index contributed by atoms with van der Waals surface area (Å²) in [6.07, 6.45) is 5.96. The summed E-state index contributed by atoms with van der Waals surface area (Å²) in [4.78, 5) is 0. The molecule has 3 aliphatic rings. The molecular formula is C10H17NO. The highest BCUT2D eigenvalue weighted by Crippen LogP contribution is 2.50. The maximum Gasteiger partial charge on any atom is 0.0693 e. The zero-order valence-electron chi connectivity index (χ0n) is 7.42. The van der Waals surface area contributed by atoms with E-state index in [4.69, 9.17) is 0 Å². The largest absolute Gasteiger partial charge is 0.390 e. The second-order valence-electron chi connectivity index (χ2n) is 4.90. The molecule has 4 atom stereocenters. The predicted molar refractivity (Wildman–Crippen MR) is 46.8 cm³/mol. The minimum Gasteiger partial charge on any atom is -0.390 e. The third-order valence-corrected chi connectivity index (χ3v) is 4.25. The molecular weight excluding hydrogens is 150 g/mol. The first kappa shape index (κ1) is 7.34. The van der Waals surface area contributed by atoms with E-state index in [1.165, 1.54) is 19.3 Å². The lowest BCUT2D eigenvalue weighted by atomic mass is 9.74. The Hall–Kier alpha value is -0.0800. The second kappa shape index (κ2) is 2.24. The maximum atomic E-state index is 10.4. The van der Waals surface area contributed by atoms with Gasteiger partial charge in [-0.1, -0.05) is 0 Å². The molecule has 2 bridgehead atoms. The average Bonchev–Trinajstić information content (AvgIpc) is 2.59. The molecule has 0 aromatic carbocycles. The van der Waals surface area contributed by atoms with Gasteiger partial charge in [-0.2, -0.15) is 0 Å². The van der Waals surface area contributed by atoms with E-state index in [2.05, 4.69) is 5.32 Å². The SMILES string of the molecule is O[C@@]12CC[C@@H](C[C@H]3NCC[C@H]31)C2. The van der Waals surface area contributed by atoms with E-state index in [1.54, 1.807) is 0 Å². The lowest BCUT2D eigenvalue weighted by Gasteiger charge is -2.38. The van der Waals surface area contributed by atoms with Crippen molar-refractivity contribution in [2.45, 2.75) is 43.7 Å². The summed E-state index contributed by atoms with van der Waals surface area (Å²) >= 11 is 0. The summed E-state index contributed by atoms with van der Waals surface area (Å²) in [5, 5.41) is 13.9. The summed E-state index contributed by atoms with van der Waals surface area (Å²) in [7, 11) is 0. The van der Waals surface area contributed by atoms with Gasteiger partial charge in [-0.3, -0.25) is 0 Å². The van der Waals surface area contributed by atoms with E-state index >= 15 is 0 Å². The molecule has 0 spiro atoms. The molecule has 2 N–H and O–H groups in total. The van der Waals surface area contributed by atoms with Gasteiger partial charge in [0.2, 0.25) is 0 Å². The normalized spacial score (nSPS) is 57.2. The highest BCUT2D eigenvalue weighted by molar-refractivity contribution is 5.06. The van der Waals surface area contributed by atoms with Crippen LogP contribution in [0.5, 0.6) is 0 Å². The summed E-state index contributed by atoms with van der Waals surface area (Å²) in [6, 6.07) is 0.649. The first-order valence-electron chi connectivity index (χ1n) is 5.24. The number of nitrogens with one attached hydrogen (secondary N) is 1. The van der Waals surface area contributed by atoms with Crippen LogP contribution in [0.3, 0.4) is 0 Å². The number of fused-ring (bicyclic) bond motifs is 4. The number of rotatable bonds is 0. The fourth-order valence-electron chi connectivity index (χ4n) is 3.71. The molecule has 2 aliphatic carbocycles. The van der Waals surface area contributed by atoms with Crippen molar-refractivity contribution < 1.29 is 5.11 Å². The Morgan fingerprint density at radius 3 is 3.17 bits per heavy atom. The van der Waals surface area contributed by atoms with Gasteiger partial charge in [0.1, 0.15) is 0 Å². The molecule has 3 fully saturated rings. The number of hydrogen-bond acceptors (Lipinski definition) is 2. The summed E-state index contributed by atoms with van der Waals surface area (Å²) in [5.41, 5.74) is -0.267. The van der Waals surface area contributed by atoms with Crippen molar-refractivity contribution >= 4 is 0 Å². The smallest absolute Gasteiger partial charge is 0.0693 e. The van der Waals surface area contributed by atoms with E-state index in [0.29, 0.717) is 12.0 Å². The fourth-order valence-corrected chi connectivity index (χ4v) is 3.71. The van der Waals surface area contributed by atoms with Crippen molar-refractivity contribution in [1.29, 1.82) is 0 Å². The summed E-state index contributed by atoms with van der Waals surface area (Å²) < 4.78 is 0. The Bertz CT molecular complexity index is 206. The van der Waals surface area contributed by atoms with Crippen molar-refractivity contribution in [3.05, 3.63) is 0 Å². The van der Waals surface area contributed by atoms with Crippen molar-refractivity contribution in [3.63, 3.8) is 0 Å². The van der Waals surface area contributed by atoms with Crippen LogP contribution in [0.2, 0.25) is 0 Å². The quantitative estimate of drug-likeness (QED) is 0.562. The van der Waals surface area contributed by atoms with Crippen molar-refractivity contribution in [3.8, 4) is 0 Å². The van der Waals surface area contributed by atoms with Gasteiger partial charge in [0.25, 0.3) is 0 Å². The van der Waals surface area contributed by atoms with Gasteiger partial charge in [-0.15, -0.1) is 0 Å². The summed E-state index contributed by atoms with van der Waals surface area (Å²) in [5.74, 6) is 1.40. The van der Waals surface area contributed by atoms with E-state index in [1.807, 2.05) is 0 Å². The van der Waals surface area contributed by atoms with Crippen LogP contribution in [0.4, 0.5) is 0 Å². The predicted octanol–water partition coefficient (Wildman–Crippen LogP) is 0.899. The van der Waals surface area contributed by atoms with Crippen LogP contribution >= 0.6 is 0 Å². The zero-order valence-corrected chi connectivity index (χ0v) is 7.42. The first-order chi connectivity index (χ1) is 5.78. The molecule has 3 rings (SSSR count). The number of hydrogen-bond donors (Lipinski definition) is 2. The monoisotopic (exact) mass is 167 g/mol.